The van der Waals surface area contributed by atoms with Gasteiger partial charge in [-0.15, -0.1) is 0 Å². The van der Waals surface area contributed by atoms with E-state index >= 15 is 0 Å². The highest BCUT2D eigenvalue weighted by Crippen LogP contribution is 2.09. The van der Waals surface area contributed by atoms with Crippen molar-refractivity contribution in [2.75, 3.05) is 0 Å². The number of rotatable bonds is 12. The number of nitrogens with one attached hydrogen (secondary N) is 3. The Hall–Kier alpha value is -3.72. The Morgan fingerprint density at radius 1 is 0.714 bits per heavy atom. The Morgan fingerprint density at radius 3 is 1.49 bits per heavy atom. The van der Waals surface area contributed by atoms with E-state index in [1.807, 2.05) is 48.5 Å². The molecule has 6 N–H and O–H groups in total. The van der Waals surface area contributed by atoms with E-state index in [-0.39, 0.29) is 18.8 Å². The van der Waals surface area contributed by atoms with Crippen LogP contribution in [0.3, 0.4) is 0 Å². The number of carbonyl (C=O) groups excluding carboxylic acids is 3. The molecular weight excluding hydrogens is 448 g/mol. The van der Waals surface area contributed by atoms with Gasteiger partial charge in [-0.3, -0.25) is 14.4 Å². The van der Waals surface area contributed by atoms with Crippen LogP contribution in [0.4, 0.5) is 0 Å². The Kier molecular flexibility index (Phi) is 10.4. The van der Waals surface area contributed by atoms with Crippen LogP contribution in [0.25, 0.3) is 0 Å². The van der Waals surface area contributed by atoms with Crippen molar-refractivity contribution in [2.45, 2.75) is 57.8 Å². The minimum atomic E-state index is -1.16. The van der Waals surface area contributed by atoms with Crippen molar-refractivity contribution in [1.29, 1.82) is 0 Å². The van der Waals surface area contributed by atoms with E-state index in [1.165, 1.54) is 6.92 Å². The zero-order valence-electron chi connectivity index (χ0n) is 20.2. The van der Waals surface area contributed by atoms with E-state index in [9.17, 15) is 24.3 Å². The number of nitrogens with two attached hydrogens (primary N) is 1. The quantitative estimate of drug-likeness (QED) is 0.305. The predicted molar refractivity (Wildman–Crippen MR) is 132 cm³/mol. The highest BCUT2D eigenvalue weighted by molar-refractivity contribution is 5.94. The summed E-state index contributed by atoms with van der Waals surface area (Å²) in [6, 6.07) is 14.2. The van der Waals surface area contributed by atoms with Gasteiger partial charge in [-0.1, -0.05) is 74.5 Å². The Balaban J connectivity index is 2.28. The van der Waals surface area contributed by atoms with Crippen molar-refractivity contribution in [3.05, 3.63) is 71.8 Å². The van der Waals surface area contributed by atoms with Crippen LogP contribution in [0.15, 0.2) is 60.7 Å². The van der Waals surface area contributed by atoms with Crippen molar-refractivity contribution < 1.29 is 24.3 Å². The number of amides is 3. The van der Waals surface area contributed by atoms with Crippen LogP contribution < -0.4 is 21.7 Å². The molecule has 0 spiro atoms. The molecule has 2 aromatic rings. The molecule has 4 unspecified atom stereocenters. The normalized spacial score (nSPS) is 14.3. The minimum absolute atomic E-state index is 0.141. The third kappa shape index (κ3) is 8.86. The fraction of sp³-hybridized carbons (Fsp3) is 0.385. The number of hydrogen-bond donors (Lipinski definition) is 5. The Bertz CT molecular complexity index is 995. The lowest BCUT2D eigenvalue weighted by atomic mass is 10.0. The summed E-state index contributed by atoms with van der Waals surface area (Å²) < 4.78 is 0. The number of benzene rings is 2. The number of hydrogen-bond acceptors (Lipinski definition) is 5. The minimum Gasteiger partial charge on any atom is -0.480 e. The molecule has 0 heterocycles. The van der Waals surface area contributed by atoms with E-state index in [4.69, 9.17) is 5.73 Å². The van der Waals surface area contributed by atoms with Crippen molar-refractivity contribution in [3.8, 4) is 0 Å². The van der Waals surface area contributed by atoms with Gasteiger partial charge in [0.05, 0.1) is 6.04 Å². The predicted octanol–water partition coefficient (Wildman–Crippen LogP) is 1.01. The third-order valence-electron chi connectivity index (χ3n) is 5.48. The molecule has 35 heavy (non-hydrogen) atoms. The van der Waals surface area contributed by atoms with Gasteiger partial charge >= 0.3 is 5.97 Å². The summed E-state index contributed by atoms with van der Waals surface area (Å²) in [6.45, 7) is 4.88. The van der Waals surface area contributed by atoms with Gasteiger partial charge in [-0.25, -0.2) is 4.79 Å². The first-order chi connectivity index (χ1) is 16.6. The zero-order valence-corrected chi connectivity index (χ0v) is 20.2. The van der Waals surface area contributed by atoms with Gasteiger partial charge in [0.1, 0.15) is 18.1 Å². The van der Waals surface area contributed by atoms with E-state index in [0.29, 0.717) is 0 Å². The Labute approximate surface area is 205 Å². The van der Waals surface area contributed by atoms with E-state index in [2.05, 4.69) is 16.0 Å². The van der Waals surface area contributed by atoms with E-state index in [0.717, 1.165) is 11.1 Å². The highest BCUT2D eigenvalue weighted by atomic mass is 16.4. The number of aliphatic carboxylic acids is 1. The van der Waals surface area contributed by atoms with Crippen LogP contribution >= 0.6 is 0 Å². The van der Waals surface area contributed by atoms with Crippen LogP contribution in [0.1, 0.15) is 31.9 Å². The zero-order chi connectivity index (χ0) is 26.0. The topological polar surface area (TPSA) is 151 Å². The van der Waals surface area contributed by atoms with Crippen molar-refractivity contribution in [2.24, 2.45) is 11.7 Å². The molecule has 0 aliphatic rings. The standard InChI is InChI=1S/C26H34N4O5/c1-16(2)22(26(34)35)30-25(33)21(15-19-12-8-5-9-13-19)29-24(32)20(28-23(31)17(3)27)14-18-10-6-4-7-11-18/h4-13,16-17,20-22H,14-15,27H2,1-3H3,(H,28,31)(H,29,32)(H,30,33)(H,34,35). The van der Waals surface area contributed by atoms with Gasteiger partial charge in [0, 0.05) is 12.8 Å². The van der Waals surface area contributed by atoms with E-state index < -0.39 is 47.9 Å². The van der Waals surface area contributed by atoms with Crippen LogP contribution in [0.5, 0.6) is 0 Å². The summed E-state index contributed by atoms with van der Waals surface area (Å²) in [5, 5.41) is 17.4. The number of carbonyl (C=O) groups is 4. The fourth-order valence-corrected chi connectivity index (χ4v) is 3.46. The number of carboxylic acid groups (broad SMARTS) is 1. The van der Waals surface area contributed by atoms with Gasteiger partial charge in [0.2, 0.25) is 17.7 Å². The molecule has 9 nitrogen and oxygen atoms in total. The lowest BCUT2D eigenvalue weighted by molar-refractivity contribution is -0.143. The highest BCUT2D eigenvalue weighted by Gasteiger charge is 2.31. The van der Waals surface area contributed by atoms with Crippen LogP contribution in [0, 0.1) is 5.92 Å². The van der Waals surface area contributed by atoms with Crippen LogP contribution in [-0.4, -0.2) is 53.0 Å². The molecule has 9 heteroatoms. The average Bonchev–Trinajstić information content (AvgIpc) is 2.82. The molecule has 0 aliphatic carbocycles. The van der Waals surface area contributed by atoms with E-state index in [1.54, 1.807) is 26.0 Å². The molecule has 0 radical (unpaired) electrons. The van der Waals surface area contributed by atoms with Gasteiger partial charge in [-0.2, -0.15) is 0 Å². The third-order valence-corrected chi connectivity index (χ3v) is 5.48. The van der Waals surface area contributed by atoms with Gasteiger partial charge in [-0.05, 0) is 24.0 Å². The summed E-state index contributed by atoms with van der Waals surface area (Å²) in [4.78, 5) is 50.3. The maximum absolute atomic E-state index is 13.3. The SMILES string of the molecule is CC(N)C(=O)NC(Cc1ccccc1)C(=O)NC(Cc1ccccc1)C(=O)NC(C(=O)O)C(C)C. The molecule has 0 fully saturated rings. The van der Waals surface area contributed by atoms with Crippen molar-refractivity contribution in [3.63, 3.8) is 0 Å². The largest absolute Gasteiger partial charge is 0.480 e. The summed E-state index contributed by atoms with van der Waals surface area (Å²) in [5.74, 6) is -3.23. The summed E-state index contributed by atoms with van der Waals surface area (Å²) >= 11 is 0. The molecule has 2 aromatic carbocycles. The second-order valence-corrected chi connectivity index (χ2v) is 8.86. The van der Waals surface area contributed by atoms with Crippen LogP contribution in [-0.2, 0) is 32.0 Å². The molecule has 0 saturated carbocycles. The van der Waals surface area contributed by atoms with Crippen molar-refractivity contribution >= 4 is 23.7 Å². The van der Waals surface area contributed by atoms with Gasteiger partial charge < -0.3 is 26.8 Å². The summed E-state index contributed by atoms with van der Waals surface area (Å²) in [5.41, 5.74) is 7.27. The molecule has 4 atom stereocenters. The Morgan fingerprint density at radius 2 is 1.11 bits per heavy atom. The first-order valence-corrected chi connectivity index (χ1v) is 11.6. The maximum atomic E-state index is 13.3. The molecule has 0 bridgehead atoms. The second-order valence-electron chi connectivity index (χ2n) is 8.86. The first-order valence-electron chi connectivity index (χ1n) is 11.6. The molecule has 0 aromatic heterocycles. The average molecular weight is 483 g/mol. The lowest BCUT2D eigenvalue weighted by Gasteiger charge is -2.26. The molecule has 188 valence electrons. The smallest absolute Gasteiger partial charge is 0.326 e. The monoisotopic (exact) mass is 482 g/mol. The van der Waals surface area contributed by atoms with Crippen molar-refractivity contribution in [1.82, 2.24) is 16.0 Å². The summed E-state index contributed by atoms with van der Waals surface area (Å²) in [7, 11) is 0. The molecule has 3 amide bonds. The van der Waals surface area contributed by atoms with Crippen LogP contribution in [0.2, 0.25) is 0 Å². The maximum Gasteiger partial charge on any atom is 0.326 e. The first kappa shape index (κ1) is 27.5. The summed E-state index contributed by atoms with van der Waals surface area (Å²) in [6.07, 6.45) is 0.330. The number of carboxylic acids is 1. The fourth-order valence-electron chi connectivity index (χ4n) is 3.46. The molecule has 0 saturated heterocycles. The molecular formula is C26H34N4O5. The molecule has 2 rings (SSSR count). The second kappa shape index (κ2) is 13.2. The lowest BCUT2D eigenvalue weighted by Crippen LogP contribution is -2.58. The molecule has 0 aliphatic heterocycles. The van der Waals surface area contributed by atoms with Gasteiger partial charge in [0.15, 0.2) is 0 Å². The van der Waals surface area contributed by atoms with Gasteiger partial charge in [0.25, 0.3) is 0 Å².